The summed E-state index contributed by atoms with van der Waals surface area (Å²) in [7, 11) is 1.54. The van der Waals surface area contributed by atoms with Crippen molar-refractivity contribution in [3.8, 4) is 11.8 Å². The molecule has 2 aromatic rings. The molecule has 2 heterocycles. The number of carbonyl (C=O) groups excluding carboxylic acids is 1. The van der Waals surface area contributed by atoms with Crippen molar-refractivity contribution >= 4 is 5.91 Å². The lowest BCUT2D eigenvalue weighted by Crippen LogP contribution is -2.39. The fraction of sp³-hybridized carbons (Fsp3) is 0.438. The number of hydrogen-bond donors (Lipinski definition) is 1. The summed E-state index contributed by atoms with van der Waals surface area (Å²) in [5.74, 6) is 0.711. The molecule has 23 heavy (non-hydrogen) atoms. The summed E-state index contributed by atoms with van der Waals surface area (Å²) in [6.45, 7) is 0. The van der Waals surface area contributed by atoms with Gasteiger partial charge < -0.3 is 19.2 Å². The van der Waals surface area contributed by atoms with Crippen molar-refractivity contribution in [2.75, 3.05) is 7.11 Å². The van der Waals surface area contributed by atoms with E-state index in [1.807, 2.05) is 0 Å². The van der Waals surface area contributed by atoms with Crippen LogP contribution in [0.25, 0.3) is 0 Å². The molecule has 1 fully saturated rings. The van der Waals surface area contributed by atoms with Gasteiger partial charge in [-0.3, -0.25) is 4.79 Å². The van der Waals surface area contributed by atoms with Gasteiger partial charge in [-0.05, 0) is 31.7 Å². The third-order valence-corrected chi connectivity index (χ3v) is 3.90. The van der Waals surface area contributed by atoms with E-state index in [-0.39, 0.29) is 18.1 Å². The van der Waals surface area contributed by atoms with E-state index in [0.29, 0.717) is 17.3 Å². The van der Waals surface area contributed by atoms with Crippen molar-refractivity contribution in [1.82, 2.24) is 15.3 Å². The van der Waals surface area contributed by atoms with Crippen LogP contribution in [0.1, 0.15) is 36.0 Å². The van der Waals surface area contributed by atoms with Crippen LogP contribution < -0.4 is 14.8 Å². The maximum Gasteiger partial charge on any atom is 0.278 e. The fourth-order valence-corrected chi connectivity index (χ4v) is 2.68. The lowest BCUT2D eigenvalue weighted by Gasteiger charge is -2.29. The first kappa shape index (κ1) is 15.3. The Labute approximate surface area is 134 Å². The molecule has 0 bridgehead atoms. The summed E-state index contributed by atoms with van der Waals surface area (Å²) in [5, 5.41) is 3.02. The molecule has 1 amide bonds. The van der Waals surface area contributed by atoms with E-state index in [2.05, 4.69) is 15.3 Å². The van der Waals surface area contributed by atoms with E-state index in [0.717, 1.165) is 25.7 Å². The van der Waals surface area contributed by atoms with Gasteiger partial charge in [0, 0.05) is 18.4 Å². The molecule has 0 aromatic carbocycles. The second-order valence-electron chi connectivity index (χ2n) is 5.45. The predicted octanol–water partition coefficient (Wildman–Crippen LogP) is 2.20. The Hall–Kier alpha value is -2.57. The average Bonchev–Trinajstić information content (AvgIpc) is 3.12. The number of aromatic nitrogens is 2. The van der Waals surface area contributed by atoms with Gasteiger partial charge in [-0.15, -0.1) is 0 Å². The third-order valence-electron chi connectivity index (χ3n) is 3.90. The maximum atomic E-state index is 12.0. The van der Waals surface area contributed by atoms with Crippen LogP contribution in [0.15, 0.2) is 35.4 Å². The van der Waals surface area contributed by atoms with Gasteiger partial charge in [0.15, 0.2) is 0 Å². The predicted molar refractivity (Wildman–Crippen MR) is 81.4 cm³/mol. The average molecular weight is 317 g/mol. The molecule has 3 rings (SSSR count). The van der Waals surface area contributed by atoms with Crippen LogP contribution in [0.4, 0.5) is 0 Å². The molecule has 0 atom stereocenters. The highest BCUT2D eigenvalue weighted by Gasteiger charge is 2.25. The van der Waals surface area contributed by atoms with Crippen LogP contribution in [-0.4, -0.2) is 35.1 Å². The number of furan rings is 1. The van der Waals surface area contributed by atoms with E-state index in [9.17, 15) is 4.79 Å². The molecule has 7 heteroatoms. The molecule has 0 unspecified atom stereocenters. The Morgan fingerprint density at radius 3 is 2.61 bits per heavy atom. The van der Waals surface area contributed by atoms with Crippen molar-refractivity contribution in [1.29, 1.82) is 0 Å². The topological polar surface area (TPSA) is 86.5 Å². The van der Waals surface area contributed by atoms with Crippen molar-refractivity contribution < 1.29 is 18.7 Å². The molecule has 1 N–H and O–H groups in total. The van der Waals surface area contributed by atoms with Crippen LogP contribution in [-0.2, 0) is 0 Å². The second kappa shape index (κ2) is 7.13. The molecule has 2 aromatic heterocycles. The number of carbonyl (C=O) groups is 1. The summed E-state index contributed by atoms with van der Waals surface area (Å²) in [4.78, 5) is 20.2. The number of nitrogens with zero attached hydrogens (tertiary/aromatic N) is 2. The first-order valence-corrected chi connectivity index (χ1v) is 7.61. The second-order valence-corrected chi connectivity index (χ2v) is 5.45. The normalized spacial score (nSPS) is 20.7. The molecule has 122 valence electrons. The van der Waals surface area contributed by atoms with Crippen molar-refractivity contribution in [3.63, 3.8) is 0 Å². The zero-order valence-electron chi connectivity index (χ0n) is 12.9. The van der Waals surface area contributed by atoms with Crippen LogP contribution in [0.5, 0.6) is 11.8 Å². The minimum atomic E-state index is -0.0984. The standard InChI is InChI=1S/C16H19N3O4/c1-21-15-16(18-8-7-17-15)23-13-4-2-12(3-5-13)19-14(20)11-6-9-22-10-11/h6-10,12-13H,2-5H2,1H3,(H,19,20). The van der Waals surface area contributed by atoms with Crippen LogP contribution in [0, 0.1) is 0 Å². The van der Waals surface area contributed by atoms with E-state index in [1.54, 1.807) is 25.6 Å². The summed E-state index contributed by atoms with van der Waals surface area (Å²) in [6.07, 6.45) is 9.54. The Balaban J connectivity index is 1.49. The van der Waals surface area contributed by atoms with E-state index < -0.39 is 0 Å². The highest BCUT2D eigenvalue weighted by molar-refractivity contribution is 5.93. The van der Waals surface area contributed by atoms with Crippen molar-refractivity contribution in [3.05, 3.63) is 36.5 Å². The molecule has 1 aliphatic rings. The molecule has 1 saturated carbocycles. The van der Waals surface area contributed by atoms with Crippen molar-refractivity contribution in [2.45, 2.75) is 37.8 Å². The number of nitrogens with one attached hydrogen (secondary N) is 1. The quantitative estimate of drug-likeness (QED) is 0.909. The van der Waals surface area contributed by atoms with E-state index in [1.165, 1.54) is 12.5 Å². The molecule has 0 aliphatic heterocycles. The molecule has 7 nitrogen and oxygen atoms in total. The van der Waals surface area contributed by atoms with Gasteiger partial charge in [0.25, 0.3) is 17.7 Å². The maximum absolute atomic E-state index is 12.0. The van der Waals surface area contributed by atoms with E-state index in [4.69, 9.17) is 13.9 Å². The lowest BCUT2D eigenvalue weighted by molar-refractivity contribution is 0.0886. The number of amides is 1. The Bertz CT molecular complexity index is 637. The summed E-state index contributed by atoms with van der Waals surface area (Å²) in [5.41, 5.74) is 0.549. The minimum absolute atomic E-state index is 0.0580. The largest absolute Gasteiger partial charge is 0.477 e. The molecule has 0 spiro atoms. The van der Waals surface area contributed by atoms with Crippen LogP contribution in [0.2, 0.25) is 0 Å². The number of methoxy groups -OCH3 is 1. The highest BCUT2D eigenvalue weighted by Crippen LogP contribution is 2.27. The monoisotopic (exact) mass is 317 g/mol. The molecule has 0 saturated heterocycles. The van der Waals surface area contributed by atoms with Gasteiger partial charge in [0.05, 0.1) is 18.9 Å². The summed E-state index contributed by atoms with van der Waals surface area (Å²) in [6, 6.07) is 1.81. The SMILES string of the molecule is COc1nccnc1OC1CCC(NC(=O)c2ccoc2)CC1. The molecule has 1 aliphatic carbocycles. The van der Waals surface area contributed by atoms with Gasteiger partial charge in [-0.25, -0.2) is 9.97 Å². The number of ether oxygens (including phenoxy) is 2. The molecular formula is C16H19N3O4. The zero-order valence-corrected chi connectivity index (χ0v) is 12.9. The summed E-state index contributed by atoms with van der Waals surface area (Å²) >= 11 is 0. The molecular weight excluding hydrogens is 298 g/mol. The Morgan fingerprint density at radius 1 is 1.22 bits per heavy atom. The summed E-state index contributed by atoms with van der Waals surface area (Å²) < 4.78 is 15.9. The van der Waals surface area contributed by atoms with Crippen LogP contribution >= 0.6 is 0 Å². The minimum Gasteiger partial charge on any atom is -0.477 e. The lowest BCUT2D eigenvalue weighted by atomic mass is 9.93. The van der Waals surface area contributed by atoms with Gasteiger partial charge in [-0.1, -0.05) is 0 Å². The van der Waals surface area contributed by atoms with Gasteiger partial charge in [-0.2, -0.15) is 0 Å². The number of hydrogen-bond acceptors (Lipinski definition) is 6. The van der Waals surface area contributed by atoms with Gasteiger partial charge in [0.2, 0.25) is 0 Å². The van der Waals surface area contributed by atoms with E-state index >= 15 is 0 Å². The van der Waals surface area contributed by atoms with Gasteiger partial charge in [0.1, 0.15) is 12.4 Å². The van der Waals surface area contributed by atoms with Crippen molar-refractivity contribution in [2.24, 2.45) is 0 Å². The first-order chi connectivity index (χ1) is 11.3. The molecule has 0 radical (unpaired) electrons. The number of rotatable bonds is 5. The Morgan fingerprint density at radius 2 is 1.96 bits per heavy atom. The van der Waals surface area contributed by atoms with Gasteiger partial charge >= 0.3 is 0 Å². The third kappa shape index (κ3) is 3.80. The Kier molecular flexibility index (Phi) is 4.75. The first-order valence-electron chi connectivity index (χ1n) is 7.61. The smallest absolute Gasteiger partial charge is 0.278 e. The highest BCUT2D eigenvalue weighted by atomic mass is 16.5. The zero-order chi connectivity index (χ0) is 16.1. The fourth-order valence-electron chi connectivity index (χ4n) is 2.68. The van der Waals surface area contributed by atoms with Crippen LogP contribution in [0.3, 0.4) is 0 Å².